The Morgan fingerprint density at radius 1 is 1.35 bits per heavy atom. The lowest BCUT2D eigenvalue weighted by Gasteiger charge is -2.45. The van der Waals surface area contributed by atoms with Crippen molar-refractivity contribution < 1.29 is 4.74 Å². The molecule has 0 radical (unpaired) electrons. The molecule has 1 aliphatic heterocycles. The average molecular weight is 339 g/mol. The van der Waals surface area contributed by atoms with Gasteiger partial charge in [0.15, 0.2) is 0 Å². The number of rotatable bonds is 2. The highest BCUT2D eigenvalue weighted by molar-refractivity contribution is 9.10. The number of hydrogen-bond donors (Lipinski definition) is 1. The van der Waals surface area contributed by atoms with E-state index in [1.54, 1.807) is 0 Å². The molecule has 1 aromatic carbocycles. The molecule has 0 spiro atoms. The number of halogens is 1. The number of nitrogens with zero attached hydrogens (tertiary/aromatic N) is 1. The van der Waals surface area contributed by atoms with E-state index in [0.717, 1.165) is 17.6 Å². The third kappa shape index (κ3) is 2.74. The van der Waals surface area contributed by atoms with Gasteiger partial charge in [-0.25, -0.2) is 0 Å². The van der Waals surface area contributed by atoms with E-state index in [2.05, 4.69) is 39.0 Å². The fourth-order valence-electron chi connectivity index (χ4n) is 3.43. The van der Waals surface area contributed by atoms with Gasteiger partial charge >= 0.3 is 0 Å². The summed E-state index contributed by atoms with van der Waals surface area (Å²) in [7, 11) is 0. The molecular formula is C16H23BrN2O. The number of fused-ring (bicyclic) bond motifs is 1. The second kappa shape index (κ2) is 6.04. The zero-order valence-corrected chi connectivity index (χ0v) is 13.6. The molecule has 1 heterocycles. The Bertz CT molecular complexity index is 476. The van der Waals surface area contributed by atoms with Crippen molar-refractivity contribution >= 4 is 21.6 Å². The van der Waals surface area contributed by atoms with E-state index in [1.165, 1.54) is 36.9 Å². The monoisotopic (exact) mass is 338 g/mol. The third-order valence-electron chi connectivity index (χ3n) is 4.54. The van der Waals surface area contributed by atoms with Crippen molar-refractivity contribution in [3.63, 3.8) is 0 Å². The molecule has 3 nitrogen and oxygen atoms in total. The molecule has 1 aromatic rings. The first-order valence-corrected chi connectivity index (χ1v) is 8.39. The number of hydrogen-bond acceptors (Lipinski definition) is 3. The van der Waals surface area contributed by atoms with Crippen LogP contribution in [0.1, 0.15) is 44.2 Å². The van der Waals surface area contributed by atoms with Crippen LogP contribution in [0.5, 0.6) is 0 Å². The minimum atomic E-state index is 0.0764. The van der Waals surface area contributed by atoms with Crippen molar-refractivity contribution in [2.45, 2.75) is 50.8 Å². The minimum absolute atomic E-state index is 0.0764. The van der Waals surface area contributed by atoms with E-state index in [-0.39, 0.29) is 6.04 Å². The number of ether oxygens (including phenoxy) is 1. The van der Waals surface area contributed by atoms with E-state index in [4.69, 9.17) is 10.5 Å². The molecule has 3 rings (SSSR count). The van der Waals surface area contributed by atoms with Gasteiger partial charge in [-0.3, -0.25) is 0 Å². The van der Waals surface area contributed by atoms with Crippen LogP contribution in [0.15, 0.2) is 22.7 Å². The van der Waals surface area contributed by atoms with E-state index >= 15 is 0 Å². The summed E-state index contributed by atoms with van der Waals surface area (Å²) in [6, 6.07) is 7.13. The number of morpholine rings is 1. The van der Waals surface area contributed by atoms with Crippen LogP contribution in [0.25, 0.3) is 0 Å². The standard InChI is InChI=1S/C16H23BrN2O/c1-11(18)12-6-7-14(13(17)10-12)19-8-9-20-16-5-3-2-4-15(16)19/h6-7,10-11,15-16H,2-5,8-9,18H2,1H3/t11-,15?,16?/m0/s1. The second-order valence-corrected chi connectivity index (χ2v) is 6.81. The highest BCUT2D eigenvalue weighted by atomic mass is 79.9. The smallest absolute Gasteiger partial charge is 0.0779 e. The Labute approximate surface area is 129 Å². The molecule has 2 unspecified atom stereocenters. The minimum Gasteiger partial charge on any atom is -0.374 e. The fourth-order valence-corrected chi connectivity index (χ4v) is 4.06. The largest absolute Gasteiger partial charge is 0.374 e. The Hall–Kier alpha value is -0.580. The molecular weight excluding hydrogens is 316 g/mol. The molecule has 2 fully saturated rings. The fraction of sp³-hybridized carbons (Fsp3) is 0.625. The van der Waals surface area contributed by atoms with Crippen molar-refractivity contribution in [3.05, 3.63) is 28.2 Å². The van der Waals surface area contributed by atoms with Crippen molar-refractivity contribution in [3.8, 4) is 0 Å². The summed E-state index contributed by atoms with van der Waals surface area (Å²) >= 11 is 3.73. The van der Waals surface area contributed by atoms with Crippen molar-refractivity contribution in [1.29, 1.82) is 0 Å². The van der Waals surface area contributed by atoms with Gasteiger partial charge in [-0.15, -0.1) is 0 Å². The van der Waals surface area contributed by atoms with Crippen LogP contribution in [0, 0.1) is 0 Å². The van der Waals surface area contributed by atoms with Crippen molar-refractivity contribution in [2.24, 2.45) is 5.73 Å². The first kappa shape index (κ1) is 14.4. The summed E-state index contributed by atoms with van der Waals surface area (Å²) in [5.74, 6) is 0. The molecule has 1 saturated heterocycles. The predicted molar refractivity (Wildman–Crippen MR) is 86.1 cm³/mol. The molecule has 0 aromatic heterocycles. The molecule has 0 bridgehead atoms. The molecule has 110 valence electrons. The average Bonchev–Trinajstić information content (AvgIpc) is 2.46. The first-order chi connectivity index (χ1) is 9.66. The van der Waals surface area contributed by atoms with Gasteiger partial charge in [-0.1, -0.05) is 18.9 Å². The van der Waals surface area contributed by atoms with E-state index in [0.29, 0.717) is 12.1 Å². The maximum atomic E-state index is 5.96. The SMILES string of the molecule is C[C@H](N)c1ccc(N2CCOC3CCCCC32)c(Br)c1. The lowest BCUT2D eigenvalue weighted by molar-refractivity contribution is -0.00872. The molecule has 0 amide bonds. The first-order valence-electron chi connectivity index (χ1n) is 7.60. The lowest BCUT2D eigenvalue weighted by atomic mass is 9.89. The van der Waals surface area contributed by atoms with Gasteiger partial charge in [-0.05, 0) is 53.4 Å². The predicted octanol–water partition coefficient (Wildman–Crippen LogP) is 3.62. The Morgan fingerprint density at radius 3 is 2.90 bits per heavy atom. The van der Waals surface area contributed by atoms with Crippen LogP contribution in [0.4, 0.5) is 5.69 Å². The molecule has 20 heavy (non-hydrogen) atoms. The van der Waals surface area contributed by atoms with Gasteiger partial charge in [0.2, 0.25) is 0 Å². The van der Waals surface area contributed by atoms with Crippen molar-refractivity contribution in [1.82, 2.24) is 0 Å². The van der Waals surface area contributed by atoms with E-state index < -0.39 is 0 Å². The maximum Gasteiger partial charge on any atom is 0.0779 e. The van der Waals surface area contributed by atoms with Gasteiger partial charge in [0.1, 0.15) is 0 Å². The van der Waals surface area contributed by atoms with Crippen molar-refractivity contribution in [2.75, 3.05) is 18.1 Å². The van der Waals surface area contributed by atoms with Crippen LogP contribution >= 0.6 is 15.9 Å². The summed E-state index contributed by atoms with van der Waals surface area (Å²) in [6.07, 6.45) is 5.48. The number of nitrogens with two attached hydrogens (primary N) is 1. The zero-order valence-electron chi connectivity index (χ0n) is 12.0. The summed E-state index contributed by atoms with van der Waals surface area (Å²) in [5.41, 5.74) is 8.42. The molecule has 4 heteroatoms. The number of anilines is 1. The van der Waals surface area contributed by atoms with Crippen LogP contribution in [0.3, 0.4) is 0 Å². The van der Waals surface area contributed by atoms with Crippen LogP contribution in [-0.4, -0.2) is 25.3 Å². The van der Waals surface area contributed by atoms with E-state index in [1.807, 2.05) is 6.92 Å². The molecule has 2 aliphatic rings. The van der Waals surface area contributed by atoms with Gasteiger partial charge < -0.3 is 15.4 Å². The van der Waals surface area contributed by atoms with Gasteiger partial charge in [0.25, 0.3) is 0 Å². The zero-order chi connectivity index (χ0) is 14.1. The summed E-state index contributed by atoms with van der Waals surface area (Å²) < 4.78 is 7.11. The highest BCUT2D eigenvalue weighted by Gasteiger charge is 2.34. The van der Waals surface area contributed by atoms with Gasteiger partial charge in [0.05, 0.1) is 24.4 Å². The molecule has 1 saturated carbocycles. The number of benzene rings is 1. The van der Waals surface area contributed by atoms with Gasteiger partial charge in [-0.2, -0.15) is 0 Å². The lowest BCUT2D eigenvalue weighted by Crippen LogP contribution is -2.53. The quantitative estimate of drug-likeness (QED) is 0.894. The summed E-state index contributed by atoms with van der Waals surface area (Å²) in [4.78, 5) is 2.53. The normalized spacial score (nSPS) is 28.1. The second-order valence-electron chi connectivity index (χ2n) is 5.95. The molecule has 3 atom stereocenters. The van der Waals surface area contributed by atoms with E-state index in [9.17, 15) is 0 Å². The third-order valence-corrected chi connectivity index (χ3v) is 5.17. The molecule has 1 aliphatic carbocycles. The van der Waals surface area contributed by atoms with Crippen LogP contribution < -0.4 is 10.6 Å². The Kier molecular flexibility index (Phi) is 4.34. The maximum absolute atomic E-state index is 5.96. The summed E-state index contributed by atoms with van der Waals surface area (Å²) in [6.45, 7) is 3.84. The van der Waals surface area contributed by atoms with Crippen LogP contribution in [0.2, 0.25) is 0 Å². The van der Waals surface area contributed by atoms with Gasteiger partial charge in [0, 0.05) is 17.1 Å². The Morgan fingerprint density at radius 2 is 2.15 bits per heavy atom. The Balaban J connectivity index is 1.87. The topological polar surface area (TPSA) is 38.5 Å². The highest BCUT2D eigenvalue weighted by Crippen LogP contribution is 2.36. The van der Waals surface area contributed by atoms with Crippen LogP contribution in [-0.2, 0) is 4.74 Å². The molecule has 2 N–H and O–H groups in total. The summed E-state index contributed by atoms with van der Waals surface area (Å²) in [5, 5.41) is 0.